The predicted octanol–water partition coefficient (Wildman–Crippen LogP) is 7.68. The van der Waals surface area contributed by atoms with E-state index in [0.717, 1.165) is 57.1 Å². The van der Waals surface area contributed by atoms with Crippen LogP contribution in [0.25, 0.3) is 33.2 Å². The van der Waals surface area contributed by atoms with Crippen molar-refractivity contribution in [1.29, 1.82) is 0 Å². The average Bonchev–Trinajstić information content (AvgIpc) is 3.73. The van der Waals surface area contributed by atoms with Gasteiger partial charge in [-0.2, -0.15) is 0 Å². The van der Waals surface area contributed by atoms with E-state index in [4.69, 9.17) is 0 Å². The molecule has 6 nitrogen and oxygen atoms in total. The van der Waals surface area contributed by atoms with Crippen LogP contribution in [0.5, 0.6) is 0 Å². The molecule has 0 atom stereocenters. The number of hydrogen-bond acceptors (Lipinski definition) is 3. The van der Waals surface area contributed by atoms with Crippen LogP contribution in [-0.2, 0) is 12.1 Å². The Balaban J connectivity index is 1.25. The van der Waals surface area contributed by atoms with Crippen molar-refractivity contribution >= 4 is 22.8 Å². The van der Waals surface area contributed by atoms with E-state index in [1.807, 2.05) is 42.7 Å². The smallest absolute Gasteiger partial charge is 0.335 e. The summed E-state index contributed by atoms with van der Waals surface area (Å²) in [5.74, 6) is -1.53. The first-order valence-electron chi connectivity index (χ1n) is 14.4. The van der Waals surface area contributed by atoms with E-state index in [1.165, 1.54) is 12.1 Å². The molecular formula is C37H28FN3O3. The molecule has 44 heavy (non-hydrogen) atoms. The van der Waals surface area contributed by atoms with Crippen molar-refractivity contribution < 1.29 is 19.1 Å². The maximum Gasteiger partial charge on any atom is 0.335 e. The highest BCUT2D eigenvalue weighted by atomic mass is 19.1. The van der Waals surface area contributed by atoms with Gasteiger partial charge in [0.2, 0.25) is 0 Å². The van der Waals surface area contributed by atoms with Gasteiger partial charge in [0.15, 0.2) is 0 Å². The maximum absolute atomic E-state index is 14.1. The summed E-state index contributed by atoms with van der Waals surface area (Å²) in [6, 6.07) is 31.1. The first-order valence-corrected chi connectivity index (χ1v) is 14.4. The lowest BCUT2D eigenvalue weighted by molar-refractivity contribution is 0.0696. The van der Waals surface area contributed by atoms with E-state index in [0.29, 0.717) is 12.1 Å². The second-order valence-electron chi connectivity index (χ2n) is 11.3. The Morgan fingerprint density at radius 1 is 0.841 bits per heavy atom. The number of aromatic nitrogens is 2. The lowest BCUT2D eigenvalue weighted by Gasteiger charge is -2.20. The molecule has 216 valence electrons. The number of pyridine rings is 1. The second-order valence-corrected chi connectivity index (χ2v) is 11.3. The Labute approximate surface area is 253 Å². The fourth-order valence-corrected chi connectivity index (χ4v) is 5.82. The van der Waals surface area contributed by atoms with Crippen molar-refractivity contribution in [3.05, 3.63) is 150 Å². The lowest BCUT2D eigenvalue weighted by atomic mass is 9.98. The van der Waals surface area contributed by atoms with Gasteiger partial charge in [-0.3, -0.25) is 9.78 Å². The zero-order chi connectivity index (χ0) is 30.3. The molecule has 0 radical (unpaired) electrons. The molecule has 1 saturated carbocycles. The number of carboxylic acids is 1. The number of carboxylic acid groups (broad SMARTS) is 1. The van der Waals surface area contributed by atoms with Crippen LogP contribution in [0.2, 0.25) is 0 Å². The molecule has 2 heterocycles. The third kappa shape index (κ3) is 5.24. The van der Waals surface area contributed by atoms with Crippen molar-refractivity contribution in [2.75, 3.05) is 0 Å². The van der Waals surface area contributed by atoms with Gasteiger partial charge >= 0.3 is 5.97 Å². The van der Waals surface area contributed by atoms with Crippen LogP contribution in [0, 0.1) is 5.82 Å². The zero-order valence-corrected chi connectivity index (χ0v) is 23.7. The molecule has 0 aliphatic heterocycles. The van der Waals surface area contributed by atoms with Gasteiger partial charge in [-0.25, -0.2) is 9.18 Å². The number of carbonyl (C=O) groups is 2. The van der Waals surface area contributed by atoms with Crippen molar-refractivity contribution in [3.8, 4) is 22.3 Å². The Morgan fingerprint density at radius 2 is 1.55 bits per heavy atom. The Hall–Kier alpha value is -5.56. The van der Waals surface area contributed by atoms with Crippen molar-refractivity contribution in [2.45, 2.75) is 24.9 Å². The van der Waals surface area contributed by atoms with E-state index < -0.39 is 11.5 Å². The number of hydrogen-bond donors (Lipinski definition) is 2. The fourth-order valence-electron chi connectivity index (χ4n) is 5.82. The summed E-state index contributed by atoms with van der Waals surface area (Å²) in [4.78, 5) is 29.7. The van der Waals surface area contributed by atoms with E-state index >= 15 is 0 Å². The molecule has 0 saturated heterocycles. The van der Waals surface area contributed by atoms with Crippen LogP contribution in [0.4, 0.5) is 4.39 Å². The molecule has 7 rings (SSSR count). The highest BCUT2D eigenvalue weighted by molar-refractivity contribution is 6.08. The lowest BCUT2D eigenvalue weighted by Crippen LogP contribution is -2.35. The molecule has 0 bridgehead atoms. The minimum Gasteiger partial charge on any atom is -0.478 e. The third-order valence-corrected chi connectivity index (χ3v) is 8.37. The van der Waals surface area contributed by atoms with Crippen molar-refractivity contribution in [3.63, 3.8) is 0 Å². The normalized spacial score (nSPS) is 13.5. The molecule has 2 aromatic heterocycles. The van der Waals surface area contributed by atoms with E-state index in [1.54, 1.807) is 42.6 Å². The Kier molecular flexibility index (Phi) is 6.78. The van der Waals surface area contributed by atoms with Gasteiger partial charge < -0.3 is 15.0 Å². The molecular weight excluding hydrogens is 553 g/mol. The first-order chi connectivity index (χ1) is 21.4. The number of halogens is 1. The Bertz CT molecular complexity index is 2000. The average molecular weight is 582 g/mol. The van der Waals surface area contributed by atoms with Crippen molar-refractivity contribution in [1.82, 2.24) is 14.9 Å². The minimum absolute atomic E-state index is 0.205. The van der Waals surface area contributed by atoms with Crippen LogP contribution in [0.3, 0.4) is 0 Å². The van der Waals surface area contributed by atoms with E-state index in [9.17, 15) is 19.1 Å². The molecule has 1 aliphatic carbocycles. The van der Waals surface area contributed by atoms with Gasteiger partial charge in [0, 0.05) is 30.5 Å². The van der Waals surface area contributed by atoms with Gasteiger partial charge in [-0.15, -0.1) is 0 Å². The van der Waals surface area contributed by atoms with Crippen LogP contribution in [0.15, 0.2) is 122 Å². The maximum atomic E-state index is 14.1. The number of aromatic carboxylic acids is 1. The van der Waals surface area contributed by atoms with E-state index in [2.05, 4.69) is 39.1 Å². The highest BCUT2D eigenvalue weighted by Crippen LogP contribution is 2.46. The molecule has 1 amide bonds. The van der Waals surface area contributed by atoms with Gasteiger partial charge in [-0.05, 0) is 94.8 Å². The second kappa shape index (κ2) is 10.9. The number of amides is 1. The third-order valence-electron chi connectivity index (χ3n) is 8.37. The number of rotatable bonds is 8. The van der Waals surface area contributed by atoms with Crippen LogP contribution in [-0.4, -0.2) is 26.5 Å². The molecule has 1 fully saturated rings. The molecule has 4 aromatic carbocycles. The van der Waals surface area contributed by atoms with Gasteiger partial charge in [-0.1, -0.05) is 54.6 Å². The summed E-state index contributed by atoms with van der Waals surface area (Å²) < 4.78 is 15.8. The largest absolute Gasteiger partial charge is 0.478 e. The molecule has 6 aromatic rings. The standard InChI is InChI=1S/C37H28FN3O3/c38-32-13-9-26(10-14-32)30-20-28-15-19-41(23-24-3-5-25(6-4-24)29-2-1-18-39-22-29)34(28)33(21-30)35(42)40-37(16-17-37)31-11-7-27(8-12-31)36(43)44/h1-15,18-22H,16-17,23H2,(H,40,42)(H,43,44). The Morgan fingerprint density at radius 3 is 2.20 bits per heavy atom. The fraction of sp³-hybridized carbons (Fsp3) is 0.108. The molecule has 0 spiro atoms. The monoisotopic (exact) mass is 581 g/mol. The SMILES string of the molecule is O=C(O)c1ccc(C2(NC(=O)c3cc(-c4ccc(F)cc4)cc4ccn(Cc5ccc(-c6cccnc6)cc5)c34)CC2)cc1. The van der Waals surface area contributed by atoms with Crippen molar-refractivity contribution in [2.24, 2.45) is 0 Å². The number of nitrogens with one attached hydrogen (secondary N) is 1. The van der Waals surface area contributed by atoms with Crippen LogP contribution >= 0.6 is 0 Å². The topological polar surface area (TPSA) is 84.2 Å². The summed E-state index contributed by atoms with van der Waals surface area (Å²) >= 11 is 0. The summed E-state index contributed by atoms with van der Waals surface area (Å²) in [5.41, 5.74) is 6.70. The number of fused-ring (bicyclic) bond motifs is 1. The van der Waals surface area contributed by atoms with Gasteiger partial charge in [0.1, 0.15) is 5.82 Å². The predicted molar refractivity (Wildman–Crippen MR) is 168 cm³/mol. The van der Waals surface area contributed by atoms with E-state index in [-0.39, 0.29) is 17.3 Å². The van der Waals surface area contributed by atoms with Crippen LogP contribution < -0.4 is 5.32 Å². The molecule has 0 unspecified atom stereocenters. The number of carbonyl (C=O) groups excluding carboxylic acids is 1. The minimum atomic E-state index is -0.988. The quantitative estimate of drug-likeness (QED) is 0.193. The molecule has 1 aliphatic rings. The summed E-state index contributed by atoms with van der Waals surface area (Å²) in [5, 5.41) is 13.5. The van der Waals surface area contributed by atoms with Gasteiger partial charge in [0.05, 0.1) is 22.2 Å². The van der Waals surface area contributed by atoms with Crippen LogP contribution in [0.1, 0.15) is 44.7 Å². The highest BCUT2D eigenvalue weighted by Gasteiger charge is 2.46. The summed E-state index contributed by atoms with van der Waals surface area (Å²) in [7, 11) is 0. The van der Waals surface area contributed by atoms with Gasteiger partial charge in [0.25, 0.3) is 5.91 Å². The number of benzene rings is 4. The summed E-state index contributed by atoms with van der Waals surface area (Å²) in [6.45, 7) is 0.564. The zero-order valence-electron chi connectivity index (χ0n) is 23.7. The summed E-state index contributed by atoms with van der Waals surface area (Å²) in [6.07, 6.45) is 7.10. The molecule has 7 heteroatoms. The number of nitrogens with zero attached hydrogens (tertiary/aromatic N) is 2. The molecule has 2 N–H and O–H groups in total. The first kappa shape index (κ1) is 27.3.